The first-order chi connectivity index (χ1) is 33.1. The molecule has 3 heterocycles. The minimum absolute atomic E-state index is 0.358. The highest BCUT2D eigenvalue weighted by atomic mass is 32.2. The molecule has 2 nitrogen and oxygen atoms in total. The van der Waals surface area contributed by atoms with Gasteiger partial charge in [0.2, 0.25) is 0 Å². The summed E-state index contributed by atoms with van der Waals surface area (Å²) >= 11 is 3.80. The summed E-state index contributed by atoms with van der Waals surface area (Å²) in [7, 11) is 0. The Labute approximate surface area is 398 Å². The summed E-state index contributed by atoms with van der Waals surface area (Å²) in [4.78, 5) is 7.75. The van der Waals surface area contributed by atoms with Crippen LogP contribution in [0.2, 0.25) is 0 Å². The van der Waals surface area contributed by atoms with Gasteiger partial charge in [0.1, 0.15) is 11.2 Å². The Morgan fingerprint density at radius 1 is 0.463 bits per heavy atom. The van der Waals surface area contributed by atoms with Gasteiger partial charge in [0.05, 0.1) is 21.9 Å². The second-order valence-corrected chi connectivity index (χ2v) is 20.8. The Hall–Kier alpha value is -7.24. The molecule has 5 aliphatic rings. The van der Waals surface area contributed by atoms with Gasteiger partial charge in [-0.15, -0.1) is 0 Å². The molecule has 316 valence electrons. The van der Waals surface area contributed by atoms with Gasteiger partial charge in [-0.25, -0.2) is 0 Å². The summed E-state index contributed by atoms with van der Waals surface area (Å²) in [6.45, 7) is 2.44. The number of nitrogens with zero attached hydrogens (tertiary/aromatic N) is 1. The molecule has 2 atom stereocenters. The van der Waals surface area contributed by atoms with Gasteiger partial charge in [0.15, 0.2) is 0 Å². The first-order valence-corrected chi connectivity index (χ1v) is 25.0. The normalized spacial score (nSPS) is 18.6. The van der Waals surface area contributed by atoms with Crippen molar-refractivity contribution in [2.45, 2.75) is 43.8 Å². The fourth-order valence-corrected chi connectivity index (χ4v) is 15.3. The summed E-state index contributed by atoms with van der Waals surface area (Å²) in [6.07, 6.45) is 5.82. The zero-order chi connectivity index (χ0) is 44.0. The molecule has 0 saturated heterocycles. The molecule has 3 aliphatic carbocycles. The van der Waals surface area contributed by atoms with E-state index in [0.29, 0.717) is 5.92 Å². The van der Waals surface area contributed by atoms with Crippen LogP contribution >= 0.6 is 23.5 Å². The predicted molar refractivity (Wildman–Crippen MR) is 277 cm³/mol. The number of benzene rings is 9. The molecule has 2 unspecified atom stereocenters. The van der Waals surface area contributed by atoms with Crippen LogP contribution in [-0.4, -0.2) is 0 Å². The number of fused-ring (bicyclic) bond motifs is 20. The van der Waals surface area contributed by atoms with Crippen LogP contribution in [0.1, 0.15) is 57.9 Å². The van der Waals surface area contributed by atoms with Crippen molar-refractivity contribution < 1.29 is 4.42 Å². The molecule has 4 heteroatoms. The number of anilines is 3. The van der Waals surface area contributed by atoms with Crippen LogP contribution in [0.15, 0.2) is 242 Å². The molecule has 2 aliphatic heterocycles. The van der Waals surface area contributed by atoms with Crippen molar-refractivity contribution >= 4 is 68.1 Å². The third-order valence-electron chi connectivity index (χ3n) is 15.4. The minimum Gasteiger partial charge on any atom is -0.456 e. The largest absolute Gasteiger partial charge is 0.456 e. The Balaban J connectivity index is 1.04. The second kappa shape index (κ2) is 13.9. The maximum Gasteiger partial charge on any atom is 0.137 e. The molecular formula is C63H41NOS2. The topological polar surface area (TPSA) is 16.4 Å². The summed E-state index contributed by atoms with van der Waals surface area (Å²) in [6, 6.07) is 75.4. The summed E-state index contributed by atoms with van der Waals surface area (Å²) in [5.74, 6) is 0.358. The van der Waals surface area contributed by atoms with Crippen LogP contribution in [-0.2, 0) is 10.8 Å². The Kier molecular flexibility index (Phi) is 7.87. The van der Waals surface area contributed by atoms with Crippen molar-refractivity contribution in [1.29, 1.82) is 0 Å². The molecule has 2 spiro atoms. The summed E-state index contributed by atoms with van der Waals surface area (Å²) < 4.78 is 6.67. The van der Waals surface area contributed by atoms with Crippen LogP contribution in [0.3, 0.4) is 0 Å². The van der Waals surface area contributed by atoms with E-state index in [1.807, 2.05) is 23.5 Å². The summed E-state index contributed by atoms with van der Waals surface area (Å²) in [5, 5.41) is 2.22. The van der Waals surface area contributed by atoms with Gasteiger partial charge in [0, 0.05) is 36.3 Å². The van der Waals surface area contributed by atoms with Crippen LogP contribution < -0.4 is 4.90 Å². The third kappa shape index (κ3) is 4.89. The average Bonchev–Trinajstić information content (AvgIpc) is 4.01. The van der Waals surface area contributed by atoms with E-state index in [2.05, 4.69) is 224 Å². The second-order valence-electron chi connectivity index (χ2n) is 18.6. The molecule has 0 N–H and O–H groups in total. The fourth-order valence-electron chi connectivity index (χ4n) is 13.0. The van der Waals surface area contributed by atoms with Gasteiger partial charge in [-0.3, -0.25) is 0 Å². The smallest absolute Gasteiger partial charge is 0.137 e. The Morgan fingerprint density at radius 2 is 0.970 bits per heavy atom. The fraction of sp³-hybridized carbons (Fsp3) is 0.0794. The van der Waals surface area contributed by atoms with E-state index < -0.39 is 10.8 Å². The van der Waals surface area contributed by atoms with Crippen LogP contribution in [0.25, 0.3) is 38.6 Å². The van der Waals surface area contributed by atoms with Crippen LogP contribution in [0.4, 0.5) is 17.1 Å². The lowest BCUT2D eigenvalue weighted by Gasteiger charge is -2.44. The third-order valence-corrected chi connectivity index (χ3v) is 17.7. The molecule has 0 saturated carbocycles. The van der Waals surface area contributed by atoms with Gasteiger partial charge in [-0.05, 0) is 146 Å². The van der Waals surface area contributed by atoms with E-state index >= 15 is 0 Å². The molecule has 0 fully saturated rings. The van der Waals surface area contributed by atoms with E-state index in [9.17, 15) is 0 Å². The monoisotopic (exact) mass is 891 g/mol. The SMILES string of the molecule is CC1CC=CC2=C1C1(c3ccccc3Sc3ccc(N(c4ccc5c(c4)C4(c6ccccc6S5)c5ccccc5-c5ccccc54)c4cccc5oc6ccccc6c45)cc31)c1ccccc12. The van der Waals surface area contributed by atoms with E-state index in [1.54, 1.807) is 0 Å². The molecule has 9 aromatic carbocycles. The zero-order valence-corrected chi connectivity index (χ0v) is 38.3. The zero-order valence-electron chi connectivity index (χ0n) is 36.7. The van der Waals surface area contributed by atoms with Crippen LogP contribution in [0, 0.1) is 5.92 Å². The van der Waals surface area contributed by atoms with Crippen molar-refractivity contribution in [3.8, 4) is 11.1 Å². The lowest BCUT2D eigenvalue weighted by Crippen LogP contribution is -2.35. The number of para-hydroxylation sites is 1. The van der Waals surface area contributed by atoms with E-state index in [4.69, 9.17) is 4.42 Å². The number of hydrogen-bond donors (Lipinski definition) is 0. The van der Waals surface area contributed by atoms with E-state index in [1.165, 1.54) is 86.4 Å². The van der Waals surface area contributed by atoms with Gasteiger partial charge in [-0.1, -0.05) is 176 Å². The molecule has 1 aromatic heterocycles. The van der Waals surface area contributed by atoms with Gasteiger partial charge >= 0.3 is 0 Å². The van der Waals surface area contributed by atoms with E-state index in [-0.39, 0.29) is 0 Å². The minimum atomic E-state index is -0.512. The highest BCUT2D eigenvalue weighted by molar-refractivity contribution is 7.99. The molecule has 0 radical (unpaired) electrons. The number of furan rings is 1. The molecule has 15 rings (SSSR count). The molecular weight excluding hydrogens is 851 g/mol. The first kappa shape index (κ1) is 37.9. The highest BCUT2D eigenvalue weighted by Crippen LogP contribution is 2.66. The Bertz CT molecular complexity index is 3810. The van der Waals surface area contributed by atoms with Gasteiger partial charge < -0.3 is 9.32 Å². The maximum atomic E-state index is 6.67. The molecule has 67 heavy (non-hydrogen) atoms. The van der Waals surface area contributed by atoms with Gasteiger partial charge in [-0.2, -0.15) is 0 Å². The molecule has 0 bridgehead atoms. The maximum absolute atomic E-state index is 6.67. The quantitative estimate of drug-likeness (QED) is 0.176. The standard InChI is InChI=1S/C63H41NOS2/c1-38-16-14-21-44-43-19-4-8-24-48(43)63(61(38)44)50-26-10-13-31-57(50)67-59-35-33-40(37-52(59)63)64(53-27-15-29-55-60(53)45-20-5-11-28-54(45)65-55)39-32-34-58-51(36-39)62(49-25-9-12-30-56(49)66-58)46-22-6-2-17-41(46)42-18-3-7-23-47(42)62/h2-15,17-38H,16H2,1H3. The van der Waals surface area contributed by atoms with Crippen molar-refractivity contribution in [2.24, 2.45) is 5.92 Å². The highest BCUT2D eigenvalue weighted by Gasteiger charge is 2.54. The van der Waals surface area contributed by atoms with Crippen molar-refractivity contribution in [2.75, 3.05) is 4.90 Å². The van der Waals surface area contributed by atoms with Crippen molar-refractivity contribution in [3.63, 3.8) is 0 Å². The van der Waals surface area contributed by atoms with Gasteiger partial charge in [0.25, 0.3) is 0 Å². The Morgan fingerprint density at radius 3 is 1.64 bits per heavy atom. The molecule has 0 amide bonds. The number of allylic oxidation sites excluding steroid dienone is 4. The predicted octanol–water partition coefficient (Wildman–Crippen LogP) is 17.0. The summed E-state index contributed by atoms with van der Waals surface area (Å²) in [5.41, 5.74) is 20.4. The van der Waals surface area contributed by atoms with Crippen molar-refractivity contribution in [3.05, 3.63) is 262 Å². The number of rotatable bonds is 3. The lowest BCUT2D eigenvalue weighted by molar-refractivity contribution is 0.569. The van der Waals surface area contributed by atoms with E-state index in [0.717, 1.165) is 45.4 Å². The molecule has 10 aromatic rings. The average molecular weight is 892 g/mol. The lowest BCUT2D eigenvalue weighted by atomic mass is 9.63. The van der Waals surface area contributed by atoms with Crippen LogP contribution in [0.5, 0.6) is 0 Å². The number of hydrogen-bond acceptors (Lipinski definition) is 4. The van der Waals surface area contributed by atoms with Crippen molar-refractivity contribution in [1.82, 2.24) is 0 Å². The first-order valence-electron chi connectivity index (χ1n) is 23.4.